The molecule has 1 aromatic carbocycles. The molecule has 0 unspecified atom stereocenters. The average molecular weight is 267 g/mol. The predicted octanol–water partition coefficient (Wildman–Crippen LogP) is 2.31. The van der Waals surface area contributed by atoms with E-state index in [1.807, 2.05) is 20.2 Å². The van der Waals surface area contributed by atoms with Gasteiger partial charge in [-0.05, 0) is 31.6 Å². The first kappa shape index (κ1) is 15.9. The Morgan fingerprint density at radius 2 is 1.89 bits per heavy atom. The van der Waals surface area contributed by atoms with E-state index < -0.39 is 0 Å². The Morgan fingerprint density at radius 3 is 2.42 bits per heavy atom. The first-order valence-corrected chi connectivity index (χ1v) is 6.82. The van der Waals surface area contributed by atoms with E-state index in [1.165, 1.54) is 6.07 Å². The lowest BCUT2D eigenvalue weighted by molar-refractivity contribution is 0.407. The van der Waals surface area contributed by atoms with Crippen LogP contribution in [-0.2, 0) is 6.54 Å². The molecule has 2 N–H and O–H groups in total. The van der Waals surface area contributed by atoms with Gasteiger partial charge in [-0.15, -0.1) is 0 Å². The number of para-hydroxylation sites is 1. The minimum absolute atomic E-state index is 0.178. The molecule has 0 atom stereocenters. The van der Waals surface area contributed by atoms with E-state index in [-0.39, 0.29) is 5.82 Å². The zero-order valence-electron chi connectivity index (χ0n) is 12.5. The summed E-state index contributed by atoms with van der Waals surface area (Å²) < 4.78 is 14.2. The molecular weight excluding hydrogens is 241 g/mol. The maximum absolute atomic E-state index is 14.2. The molecule has 0 aliphatic carbocycles. The molecule has 0 bridgehead atoms. The largest absolute Gasteiger partial charge is 0.367 e. The monoisotopic (exact) mass is 267 g/mol. The van der Waals surface area contributed by atoms with Gasteiger partial charge in [-0.3, -0.25) is 0 Å². The van der Waals surface area contributed by atoms with Crippen LogP contribution in [0.3, 0.4) is 0 Å². The average Bonchev–Trinajstić information content (AvgIpc) is 2.33. The molecule has 3 nitrogen and oxygen atoms in total. The van der Waals surface area contributed by atoms with Crippen LogP contribution in [-0.4, -0.2) is 38.6 Å². The molecule has 0 heterocycles. The maximum atomic E-state index is 14.2. The number of nitrogens with two attached hydrogens (primary N) is 1. The summed E-state index contributed by atoms with van der Waals surface area (Å²) in [7, 11) is 4.05. The Hall–Kier alpha value is -1.13. The number of rotatable bonds is 7. The third kappa shape index (κ3) is 4.80. The van der Waals surface area contributed by atoms with Gasteiger partial charge in [-0.25, -0.2) is 4.39 Å². The lowest BCUT2D eigenvalue weighted by Crippen LogP contribution is -2.35. The summed E-state index contributed by atoms with van der Waals surface area (Å²) >= 11 is 0. The van der Waals surface area contributed by atoms with Gasteiger partial charge in [-0.2, -0.15) is 0 Å². The predicted molar refractivity (Wildman–Crippen MR) is 79.9 cm³/mol. The van der Waals surface area contributed by atoms with E-state index in [9.17, 15) is 4.39 Å². The highest BCUT2D eigenvalue weighted by Gasteiger charge is 2.16. The molecule has 4 heteroatoms. The fraction of sp³-hybridized carbons (Fsp3) is 0.600. The van der Waals surface area contributed by atoms with Gasteiger partial charge < -0.3 is 15.5 Å². The summed E-state index contributed by atoms with van der Waals surface area (Å²) in [5.74, 6) is 0.301. The molecular formula is C15H26FN3. The second-order valence-electron chi connectivity index (χ2n) is 5.59. The summed E-state index contributed by atoms with van der Waals surface area (Å²) in [5.41, 5.74) is 7.28. The van der Waals surface area contributed by atoms with Crippen molar-refractivity contribution < 1.29 is 4.39 Å². The van der Waals surface area contributed by atoms with Crippen molar-refractivity contribution in [3.8, 4) is 0 Å². The van der Waals surface area contributed by atoms with Crippen molar-refractivity contribution in [2.45, 2.75) is 20.4 Å². The smallest absolute Gasteiger partial charge is 0.146 e. The van der Waals surface area contributed by atoms with Crippen molar-refractivity contribution in [2.75, 3.05) is 38.6 Å². The molecule has 0 spiro atoms. The molecule has 0 aliphatic heterocycles. The molecule has 0 radical (unpaired) electrons. The molecule has 1 rings (SSSR count). The van der Waals surface area contributed by atoms with Gasteiger partial charge in [-0.1, -0.05) is 26.0 Å². The number of halogens is 1. The second-order valence-corrected chi connectivity index (χ2v) is 5.59. The van der Waals surface area contributed by atoms with Crippen LogP contribution in [0.25, 0.3) is 0 Å². The van der Waals surface area contributed by atoms with Gasteiger partial charge in [0, 0.05) is 26.2 Å². The summed E-state index contributed by atoms with van der Waals surface area (Å²) in [5, 5.41) is 0. The maximum Gasteiger partial charge on any atom is 0.146 e. The topological polar surface area (TPSA) is 32.5 Å². The van der Waals surface area contributed by atoms with Crippen LogP contribution in [0.4, 0.5) is 10.1 Å². The normalized spacial score (nSPS) is 11.4. The van der Waals surface area contributed by atoms with E-state index in [0.717, 1.165) is 25.2 Å². The molecule has 0 fully saturated rings. The number of nitrogens with zero attached hydrogens (tertiary/aromatic N) is 2. The second kappa shape index (κ2) is 7.46. The summed E-state index contributed by atoms with van der Waals surface area (Å²) in [6.45, 7) is 7.19. The van der Waals surface area contributed by atoms with Gasteiger partial charge in [0.1, 0.15) is 5.82 Å². The first-order valence-electron chi connectivity index (χ1n) is 6.82. The number of benzene rings is 1. The Morgan fingerprint density at radius 1 is 1.21 bits per heavy atom. The molecule has 0 saturated carbocycles. The number of likely N-dealkylation sites (N-methyl/N-ethyl adjacent to an activating group) is 1. The van der Waals surface area contributed by atoms with Crippen LogP contribution < -0.4 is 10.6 Å². The summed E-state index contributed by atoms with van der Waals surface area (Å²) in [6, 6.07) is 5.14. The van der Waals surface area contributed by atoms with Gasteiger partial charge in [0.15, 0.2) is 0 Å². The van der Waals surface area contributed by atoms with E-state index >= 15 is 0 Å². The third-order valence-corrected chi connectivity index (χ3v) is 3.01. The first-order chi connectivity index (χ1) is 8.95. The van der Waals surface area contributed by atoms with Crippen LogP contribution in [0.15, 0.2) is 18.2 Å². The highest BCUT2D eigenvalue weighted by atomic mass is 19.1. The van der Waals surface area contributed by atoms with E-state index in [4.69, 9.17) is 5.73 Å². The number of anilines is 1. The minimum atomic E-state index is -0.178. The van der Waals surface area contributed by atoms with E-state index in [0.29, 0.717) is 18.2 Å². The zero-order valence-corrected chi connectivity index (χ0v) is 12.5. The van der Waals surface area contributed by atoms with Crippen molar-refractivity contribution in [3.63, 3.8) is 0 Å². The highest BCUT2D eigenvalue weighted by molar-refractivity contribution is 5.55. The Bertz CT molecular complexity index is 391. The van der Waals surface area contributed by atoms with Crippen LogP contribution in [0, 0.1) is 11.7 Å². The van der Waals surface area contributed by atoms with Crippen LogP contribution in [0.2, 0.25) is 0 Å². The van der Waals surface area contributed by atoms with Gasteiger partial charge in [0.2, 0.25) is 0 Å². The van der Waals surface area contributed by atoms with Crippen LogP contribution in [0.1, 0.15) is 19.4 Å². The molecule has 1 aromatic rings. The fourth-order valence-corrected chi connectivity index (χ4v) is 2.13. The van der Waals surface area contributed by atoms with Crippen molar-refractivity contribution in [3.05, 3.63) is 29.6 Å². The van der Waals surface area contributed by atoms with Gasteiger partial charge in [0.05, 0.1) is 5.69 Å². The highest BCUT2D eigenvalue weighted by Crippen LogP contribution is 2.25. The van der Waals surface area contributed by atoms with E-state index in [1.54, 1.807) is 6.07 Å². The van der Waals surface area contributed by atoms with Gasteiger partial charge >= 0.3 is 0 Å². The fourth-order valence-electron chi connectivity index (χ4n) is 2.13. The third-order valence-electron chi connectivity index (χ3n) is 3.01. The zero-order chi connectivity index (χ0) is 14.4. The van der Waals surface area contributed by atoms with Crippen molar-refractivity contribution in [1.82, 2.24) is 4.90 Å². The Labute approximate surface area is 116 Å². The standard InChI is InChI=1S/C15H26FN3/c1-12(2)11-19(9-8-18(3)4)15-13(10-17)6-5-7-14(15)16/h5-7,12H,8-11,17H2,1-4H3. The molecule has 0 amide bonds. The van der Waals surface area contributed by atoms with Crippen molar-refractivity contribution >= 4 is 5.69 Å². The Balaban J connectivity index is 3.01. The summed E-state index contributed by atoms with van der Waals surface area (Å²) in [6.07, 6.45) is 0. The van der Waals surface area contributed by atoms with Crippen molar-refractivity contribution in [1.29, 1.82) is 0 Å². The lowest BCUT2D eigenvalue weighted by atomic mass is 10.1. The lowest BCUT2D eigenvalue weighted by Gasteiger charge is -2.30. The van der Waals surface area contributed by atoms with Crippen LogP contribution in [0.5, 0.6) is 0 Å². The quantitative estimate of drug-likeness (QED) is 0.823. The molecule has 19 heavy (non-hydrogen) atoms. The Kier molecular flexibility index (Phi) is 6.25. The molecule has 0 aromatic heterocycles. The van der Waals surface area contributed by atoms with Gasteiger partial charge in [0.25, 0.3) is 0 Å². The molecule has 0 saturated heterocycles. The SMILES string of the molecule is CC(C)CN(CCN(C)C)c1c(F)cccc1CN. The number of hydrogen-bond donors (Lipinski definition) is 1. The molecule has 108 valence electrons. The number of hydrogen-bond acceptors (Lipinski definition) is 3. The van der Waals surface area contributed by atoms with Crippen LogP contribution >= 0.6 is 0 Å². The minimum Gasteiger partial charge on any atom is -0.367 e. The summed E-state index contributed by atoms with van der Waals surface area (Å²) in [4.78, 5) is 4.22. The molecule has 0 aliphatic rings. The van der Waals surface area contributed by atoms with E-state index in [2.05, 4.69) is 23.6 Å². The van der Waals surface area contributed by atoms with Crippen molar-refractivity contribution in [2.24, 2.45) is 11.7 Å².